The first-order chi connectivity index (χ1) is 10.6. The molecule has 0 spiro atoms. The zero-order valence-electron chi connectivity index (χ0n) is 11.4. The lowest BCUT2D eigenvalue weighted by molar-refractivity contribution is -0.124. The molecule has 0 aromatic heterocycles. The minimum Gasteiger partial charge on any atom is -0.435 e. The number of amides is 2. The third-order valence-electron chi connectivity index (χ3n) is 4.60. The molecule has 1 aromatic carbocycles. The van der Waals surface area contributed by atoms with E-state index in [4.69, 9.17) is 4.74 Å². The summed E-state index contributed by atoms with van der Waals surface area (Å²) in [5.74, 6) is -1.33. The largest absolute Gasteiger partial charge is 0.435 e. The van der Waals surface area contributed by atoms with Crippen LogP contribution in [0.15, 0.2) is 24.3 Å². The summed E-state index contributed by atoms with van der Waals surface area (Å²) in [6.45, 7) is -2.91. The molecular weight excluding hydrogens is 296 g/mol. The van der Waals surface area contributed by atoms with Crippen LogP contribution in [-0.4, -0.2) is 30.6 Å². The van der Waals surface area contributed by atoms with Gasteiger partial charge in [-0.05, 0) is 37.1 Å². The summed E-state index contributed by atoms with van der Waals surface area (Å²) in [5.41, 5.74) is 0.380. The Morgan fingerprint density at radius 2 is 1.59 bits per heavy atom. The lowest BCUT2D eigenvalue weighted by Crippen LogP contribution is -2.34. The minimum atomic E-state index is -2.91. The van der Waals surface area contributed by atoms with Gasteiger partial charge in [-0.2, -0.15) is 8.78 Å². The monoisotopic (exact) mass is 309 g/mol. The van der Waals surface area contributed by atoms with Crippen LogP contribution in [0.1, 0.15) is 12.8 Å². The van der Waals surface area contributed by atoms with Crippen LogP contribution in [0.4, 0.5) is 14.5 Å². The van der Waals surface area contributed by atoms with Gasteiger partial charge in [-0.25, -0.2) is 4.90 Å². The number of hydrogen-bond donors (Lipinski definition) is 0. The standard InChI is InChI=1S/C15H13F2NO4/c16-15(17)21-8-3-1-7(2-4-8)18-13(19)11-9-5-6-10(22-9)12(11)14(18)20/h1-4,9-12,15H,5-6H2/t9-,10+,11+,12?/m0/s1. The van der Waals surface area contributed by atoms with Gasteiger partial charge in [-0.1, -0.05) is 0 Å². The van der Waals surface area contributed by atoms with Gasteiger partial charge in [0, 0.05) is 0 Å². The highest BCUT2D eigenvalue weighted by atomic mass is 19.3. The molecule has 0 radical (unpaired) electrons. The number of carbonyl (C=O) groups is 2. The molecule has 2 bridgehead atoms. The molecule has 5 nitrogen and oxygen atoms in total. The summed E-state index contributed by atoms with van der Waals surface area (Å²) in [6.07, 6.45) is 1.27. The number of hydrogen-bond acceptors (Lipinski definition) is 4. The van der Waals surface area contributed by atoms with Crippen molar-refractivity contribution < 1.29 is 27.8 Å². The highest BCUT2D eigenvalue weighted by molar-refractivity contribution is 6.22. The van der Waals surface area contributed by atoms with E-state index in [9.17, 15) is 18.4 Å². The van der Waals surface area contributed by atoms with Gasteiger partial charge in [0.1, 0.15) is 5.75 Å². The summed E-state index contributed by atoms with van der Waals surface area (Å²) in [5, 5.41) is 0. The van der Waals surface area contributed by atoms with Crippen molar-refractivity contribution in [2.24, 2.45) is 11.8 Å². The number of imide groups is 1. The van der Waals surface area contributed by atoms with Gasteiger partial charge in [0.15, 0.2) is 0 Å². The second kappa shape index (κ2) is 4.74. The van der Waals surface area contributed by atoms with Crippen LogP contribution >= 0.6 is 0 Å². The molecule has 3 aliphatic rings. The minimum absolute atomic E-state index is 0.0126. The Morgan fingerprint density at radius 3 is 2.09 bits per heavy atom. The van der Waals surface area contributed by atoms with Gasteiger partial charge in [-0.3, -0.25) is 9.59 Å². The summed E-state index contributed by atoms with van der Waals surface area (Å²) >= 11 is 0. The quantitative estimate of drug-likeness (QED) is 0.801. The van der Waals surface area contributed by atoms with Crippen molar-refractivity contribution in [2.45, 2.75) is 31.7 Å². The lowest BCUT2D eigenvalue weighted by Gasteiger charge is -2.17. The van der Waals surface area contributed by atoms with Gasteiger partial charge in [-0.15, -0.1) is 0 Å². The van der Waals surface area contributed by atoms with Gasteiger partial charge < -0.3 is 9.47 Å². The second-order valence-electron chi connectivity index (χ2n) is 5.73. The molecule has 3 aliphatic heterocycles. The van der Waals surface area contributed by atoms with Crippen LogP contribution in [-0.2, 0) is 14.3 Å². The Hall–Kier alpha value is -2.02. The van der Waals surface area contributed by atoms with E-state index in [1.807, 2.05) is 0 Å². The number of rotatable bonds is 3. The number of anilines is 1. The van der Waals surface area contributed by atoms with Crippen LogP contribution in [0.3, 0.4) is 0 Å². The maximum atomic E-state index is 12.5. The Morgan fingerprint density at radius 1 is 1.05 bits per heavy atom. The molecule has 3 heterocycles. The molecule has 22 heavy (non-hydrogen) atoms. The Balaban J connectivity index is 1.60. The number of fused-ring (bicyclic) bond motifs is 5. The van der Waals surface area contributed by atoms with E-state index in [1.54, 1.807) is 0 Å². The van der Waals surface area contributed by atoms with Crippen molar-refractivity contribution in [1.82, 2.24) is 0 Å². The second-order valence-corrected chi connectivity index (χ2v) is 5.73. The number of nitrogens with zero attached hydrogens (tertiary/aromatic N) is 1. The SMILES string of the molecule is O=C1C2[C@H]3CC[C@H](O3)[C@H]2C(=O)N1c1ccc(OC(F)F)cc1. The first-order valence-corrected chi connectivity index (χ1v) is 7.14. The Bertz CT molecular complexity index is 605. The van der Waals surface area contributed by atoms with Gasteiger partial charge in [0.05, 0.1) is 29.7 Å². The number of alkyl halides is 2. The average Bonchev–Trinajstić information content (AvgIpc) is 3.14. The molecule has 1 aromatic rings. The van der Waals surface area contributed by atoms with Gasteiger partial charge in [0.2, 0.25) is 11.8 Å². The lowest BCUT2D eigenvalue weighted by atomic mass is 9.81. The van der Waals surface area contributed by atoms with E-state index in [1.165, 1.54) is 24.3 Å². The first kappa shape index (κ1) is 13.6. The van der Waals surface area contributed by atoms with Crippen LogP contribution in [0.25, 0.3) is 0 Å². The fourth-order valence-corrected chi connectivity index (χ4v) is 3.74. The molecular formula is C15H13F2NO4. The van der Waals surface area contributed by atoms with E-state index >= 15 is 0 Å². The molecule has 0 N–H and O–H groups in total. The summed E-state index contributed by atoms with van der Waals surface area (Å²) in [6, 6.07) is 5.52. The zero-order valence-corrected chi connectivity index (χ0v) is 11.4. The first-order valence-electron chi connectivity index (χ1n) is 7.14. The molecule has 0 aliphatic carbocycles. The molecule has 0 saturated carbocycles. The molecule has 2 amide bonds. The van der Waals surface area contributed by atoms with Crippen molar-refractivity contribution in [2.75, 3.05) is 4.90 Å². The summed E-state index contributed by atoms with van der Waals surface area (Å²) in [4.78, 5) is 26.2. The fourth-order valence-electron chi connectivity index (χ4n) is 3.74. The molecule has 4 rings (SSSR count). The normalized spacial score (nSPS) is 33.0. The van der Waals surface area contributed by atoms with Crippen molar-refractivity contribution in [3.05, 3.63) is 24.3 Å². The van der Waals surface area contributed by atoms with Crippen LogP contribution in [0.5, 0.6) is 5.75 Å². The smallest absolute Gasteiger partial charge is 0.387 e. The summed E-state index contributed by atoms with van der Waals surface area (Å²) < 4.78 is 34.2. The predicted octanol–water partition coefficient (Wildman–Crippen LogP) is 1.95. The molecule has 116 valence electrons. The third kappa shape index (κ3) is 1.85. The van der Waals surface area contributed by atoms with E-state index in [2.05, 4.69) is 4.74 Å². The van der Waals surface area contributed by atoms with Crippen LogP contribution < -0.4 is 9.64 Å². The average molecular weight is 309 g/mol. The highest BCUT2D eigenvalue weighted by Gasteiger charge is 2.62. The van der Waals surface area contributed by atoms with E-state index in [0.717, 1.165) is 17.7 Å². The van der Waals surface area contributed by atoms with Gasteiger partial charge >= 0.3 is 6.61 Å². The van der Waals surface area contributed by atoms with E-state index in [-0.39, 0.29) is 29.8 Å². The Labute approximate surface area is 124 Å². The van der Waals surface area contributed by atoms with Crippen LogP contribution in [0.2, 0.25) is 0 Å². The number of benzene rings is 1. The third-order valence-corrected chi connectivity index (χ3v) is 4.60. The fraction of sp³-hybridized carbons (Fsp3) is 0.467. The number of ether oxygens (including phenoxy) is 2. The number of halogens is 2. The topological polar surface area (TPSA) is 55.8 Å². The summed E-state index contributed by atoms with van der Waals surface area (Å²) in [7, 11) is 0. The highest BCUT2D eigenvalue weighted by Crippen LogP contribution is 2.49. The molecule has 3 fully saturated rings. The van der Waals surface area contributed by atoms with Crippen LogP contribution in [0, 0.1) is 11.8 Å². The van der Waals surface area contributed by atoms with Gasteiger partial charge in [0.25, 0.3) is 0 Å². The predicted molar refractivity (Wildman–Crippen MR) is 70.4 cm³/mol. The van der Waals surface area contributed by atoms with E-state index in [0.29, 0.717) is 5.69 Å². The van der Waals surface area contributed by atoms with Crippen molar-refractivity contribution in [3.8, 4) is 5.75 Å². The van der Waals surface area contributed by atoms with Crippen molar-refractivity contribution >= 4 is 17.5 Å². The number of carbonyl (C=O) groups excluding carboxylic acids is 2. The molecule has 7 heteroatoms. The molecule has 4 atom stereocenters. The van der Waals surface area contributed by atoms with Crippen molar-refractivity contribution in [3.63, 3.8) is 0 Å². The maximum Gasteiger partial charge on any atom is 0.387 e. The van der Waals surface area contributed by atoms with E-state index < -0.39 is 18.4 Å². The molecule has 1 unspecified atom stereocenters. The molecule has 3 saturated heterocycles. The van der Waals surface area contributed by atoms with Crippen molar-refractivity contribution in [1.29, 1.82) is 0 Å². The Kier molecular flexibility index (Phi) is 2.94. The zero-order chi connectivity index (χ0) is 15.4. The maximum absolute atomic E-state index is 12.5.